The molecule has 2 aromatic heterocycles. The van der Waals surface area contributed by atoms with Gasteiger partial charge >= 0.3 is 0 Å². The molecule has 6 nitrogen and oxygen atoms in total. The summed E-state index contributed by atoms with van der Waals surface area (Å²) in [4.78, 5) is 12.0. The summed E-state index contributed by atoms with van der Waals surface area (Å²) in [5.74, 6) is 1.53. The number of thioether (sulfide) groups is 1. The molecule has 1 amide bonds. The largest absolute Gasteiger partial charge is 0.497 e. The van der Waals surface area contributed by atoms with Crippen molar-refractivity contribution in [1.29, 1.82) is 0 Å². The maximum Gasteiger partial charge on any atom is 0.230 e. The third kappa shape index (κ3) is 3.71. The van der Waals surface area contributed by atoms with Crippen LogP contribution in [-0.4, -0.2) is 39.9 Å². The molecule has 132 valence electrons. The van der Waals surface area contributed by atoms with Crippen LogP contribution in [0.25, 0.3) is 16.6 Å². The van der Waals surface area contributed by atoms with Gasteiger partial charge in [0.2, 0.25) is 5.91 Å². The van der Waals surface area contributed by atoms with Gasteiger partial charge in [-0.2, -0.15) is 0 Å². The van der Waals surface area contributed by atoms with E-state index in [4.69, 9.17) is 4.74 Å². The Morgan fingerprint density at radius 1 is 1.32 bits per heavy atom. The molecule has 0 atom stereocenters. The van der Waals surface area contributed by atoms with E-state index in [1.807, 2.05) is 28.7 Å². The van der Waals surface area contributed by atoms with E-state index in [1.165, 1.54) is 11.8 Å². The number of hydrogen-bond acceptors (Lipinski definition) is 5. The van der Waals surface area contributed by atoms with E-state index in [0.717, 1.165) is 27.9 Å². The maximum absolute atomic E-state index is 12.0. The first-order valence-electron chi connectivity index (χ1n) is 8.21. The lowest BCUT2D eigenvalue weighted by molar-refractivity contribution is -0.118. The Bertz CT molecular complexity index is 920. The van der Waals surface area contributed by atoms with Crippen molar-refractivity contribution in [2.24, 2.45) is 5.92 Å². The second-order valence-electron chi connectivity index (χ2n) is 6.37. The smallest absolute Gasteiger partial charge is 0.230 e. The van der Waals surface area contributed by atoms with Gasteiger partial charge in [0.1, 0.15) is 5.75 Å². The van der Waals surface area contributed by atoms with Crippen LogP contribution in [0, 0.1) is 12.8 Å². The fraction of sp³-hybridized carbons (Fsp3) is 0.389. The number of rotatable bonds is 6. The summed E-state index contributed by atoms with van der Waals surface area (Å²) in [6.45, 7) is 6.87. The van der Waals surface area contributed by atoms with Crippen LogP contribution >= 0.6 is 11.8 Å². The van der Waals surface area contributed by atoms with Crippen LogP contribution in [0.1, 0.15) is 19.4 Å². The zero-order valence-corrected chi connectivity index (χ0v) is 15.7. The number of carbonyl (C=O) groups is 1. The van der Waals surface area contributed by atoms with Crippen LogP contribution in [0.2, 0.25) is 0 Å². The monoisotopic (exact) mass is 358 g/mol. The van der Waals surface area contributed by atoms with Crippen LogP contribution in [0.15, 0.2) is 29.4 Å². The Morgan fingerprint density at radius 3 is 2.84 bits per heavy atom. The highest BCUT2D eigenvalue weighted by atomic mass is 32.2. The summed E-state index contributed by atoms with van der Waals surface area (Å²) in [7, 11) is 1.65. The van der Waals surface area contributed by atoms with Crippen molar-refractivity contribution in [1.82, 2.24) is 19.9 Å². The normalized spacial score (nSPS) is 11.4. The first-order chi connectivity index (χ1) is 12.0. The van der Waals surface area contributed by atoms with E-state index in [9.17, 15) is 4.79 Å². The lowest BCUT2D eigenvalue weighted by atomic mass is 10.1. The second kappa shape index (κ2) is 7.31. The summed E-state index contributed by atoms with van der Waals surface area (Å²) in [5, 5.41) is 13.3. The molecule has 3 rings (SSSR count). The molecular weight excluding hydrogens is 336 g/mol. The van der Waals surface area contributed by atoms with Crippen LogP contribution in [0.5, 0.6) is 5.75 Å². The van der Waals surface area contributed by atoms with Crippen molar-refractivity contribution in [2.45, 2.75) is 25.9 Å². The molecule has 0 spiro atoms. The van der Waals surface area contributed by atoms with Gasteiger partial charge in [0.05, 0.1) is 18.4 Å². The third-order valence-electron chi connectivity index (χ3n) is 3.91. The van der Waals surface area contributed by atoms with Gasteiger partial charge in [-0.25, -0.2) is 0 Å². The van der Waals surface area contributed by atoms with Crippen LogP contribution < -0.4 is 10.1 Å². The lowest BCUT2D eigenvalue weighted by Crippen LogP contribution is -2.28. The Kier molecular flexibility index (Phi) is 5.13. The average molecular weight is 358 g/mol. The molecule has 0 bridgehead atoms. The van der Waals surface area contributed by atoms with Crippen LogP contribution in [0.4, 0.5) is 0 Å². The molecule has 1 N–H and O–H groups in total. The van der Waals surface area contributed by atoms with Crippen molar-refractivity contribution < 1.29 is 9.53 Å². The molecule has 1 aromatic carbocycles. The quantitative estimate of drug-likeness (QED) is 0.686. The SMILES string of the molecule is COc1ccc2c(C)cc3nnc(SCC(=O)NCC(C)C)n3c2c1. The minimum absolute atomic E-state index is 0.00412. The Hall–Kier alpha value is -2.28. The summed E-state index contributed by atoms with van der Waals surface area (Å²) >= 11 is 1.39. The number of nitrogens with zero attached hydrogens (tertiary/aromatic N) is 3. The van der Waals surface area contributed by atoms with Gasteiger partial charge in [-0.05, 0) is 36.6 Å². The molecule has 2 heterocycles. The standard InChI is InChI=1S/C18H22N4O2S/c1-11(2)9-19-17(23)10-25-18-21-20-16-7-12(3)14-6-5-13(24-4)8-15(14)22(16)18/h5-8,11H,9-10H2,1-4H3,(H,19,23). The average Bonchev–Trinajstić information content (AvgIpc) is 3.00. The molecule has 0 radical (unpaired) electrons. The molecule has 0 fully saturated rings. The first-order valence-corrected chi connectivity index (χ1v) is 9.20. The molecule has 0 saturated carbocycles. The van der Waals surface area contributed by atoms with E-state index in [0.29, 0.717) is 23.4 Å². The molecule has 0 aliphatic carbocycles. The van der Waals surface area contributed by atoms with E-state index < -0.39 is 0 Å². The van der Waals surface area contributed by atoms with Crippen LogP contribution in [0.3, 0.4) is 0 Å². The third-order valence-corrected chi connectivity index (χ3v) is 4.84. The molecular formula is C18H22N4O2S. The molecule has 0 aliphatic heterocycles. The molecule has 0 aliphatic rings. The molecule has 3 aromatic rings. The van der Waals surface area contributed by atoms with Crippen molar-refractivity contribution in [3.8, 4) is 5.75 Å². The minimum Gasteiger partial charge on any atom is -0.497 e. The number of hydrogen-bond donors (Lipinski definition) is 1. The number of aryl methyl sites for hydroxylation is 1. The zero-order valence-electron chi connectivity index (χ0n) is 14.9. The van der Waals surface area contributed by atoms with Crippen molar-refractivity contribution in [2.75, 3.05) is 19.4 Å². The Balaban J connectivity index is 1.94. The predicted octanol–water partition coefficient (Wildman–Crippen LogP) is 3.06. The van der Waals surface area contributed by atoms with Gasteiger partial charge < -0.3 is 10.1 Å². The van der Waals surface area contributed by atoms with E-state index in [2.05, 4.69) is 36.3 Å². The first kappa shape index (κ1) is 17.5. The molecule has 7 heteroatoms. The van der Waals surface area contributed by atoms with Gasteiger partial charge in [0.15, 0.2) is 10.8 Å². The highest BCUT2D eigenvalue weighted by molar-refractivity contribution is 7.99. The second-order valence-corrected chi connectivity index (χ2v) is 7.32. The molecule has 0 unspecified atom stereocenters. The van der Waals surface area contributed by atoms with Gasteiger partial charge in [-0.15, -0.1) is 10.2 Å². The maximum atomic E-state index is 12.0. The van der Waals surface area contributed by atoms with Gasteiger partial charge in [0.25, 0.3) is 0 Å². The van der Waals surface area contributed by atoms with Gasteiger partial charge in [0, 0.05) is 18.0 Å². The zero-order chi connectivity index (χ0) is 18.0. The van der Waals surface area contributed by atoms with E-state index in [-0.39, 0.29) is 5.91 Å². The predicted molar refractivity (Wildman–Crippen MR) is 100 cm³/mol. The number of methoxy groups -OCH3 is 1. The number of pyridine rings is 1. The number of fused-ring (bicyclic) bond motifs is 3. The number of nitrogens with one attached hydrogen (secondary N) is 1. The van der Waals surface area contributed by atoms with Crippen molar-refractivity contribution in [3.05, 3.63) is 29.8 Å². The summed E-state index contributed by atoms with van der Waals surface area (Å²) in [6.07, 6.45) is 0. The topological polar surface area (TPSA) is 68.5 Å². The minimum atomic E-state index is 0.00412. The summed E-state index contributed by atoms with van der Waals surface area (Å²) in [5.41, 5.74) is 2.87. The van der Waals surface area contributed by atoms with Crippen molar-refractivity contribution >= 4 is 34.2 Å². The number of carbonyl (C=O) groups excluding carboxylic acids is 1. The number of amides is 1. The van der Waals surface area contributed by atoms with E-state index >= 15 is 0 Å². The van der Waals surface area contributed by atoms with E-state index in [1.54, 1.807) is 7.11 Å². The molecule has 25 heavy (non-hydrogen) atoms. The summed E-state index contributed by atoms with van der Waals surface area (Å²) < 4.78 is 7.33. The Morgan fingerprint density at radius 2 is 2.12 bits per heavy atom. The number of benzene rings is 1. The van der Waals surface area contributed by atoms with Crippen LogP contribution in [-0.2, 0) is 4.79 Å². The Labute approximate surface area is 151 Å². The van der Waals surface area contributed by atoms with Gasteiger partial charge in [-0.1, -0.05) is 25.6 Å². The number of ether oxygens (including phenoxy) is 1. The van der Waals surface area contributed by atoms with Gasteiger partial charge in [-0.3, -0.25) is 9.20 Å². The summed E-state index contributed by atoms with van der Waals surface area (Å²) in [6, 6.07) is 7.96. The highest BCUT2D eigenvalue weighted by Gasteiger charge is 2.14. The fourth-order valence-electron chi connectivity index (χ4n) is 2.62. The van der Waals surface area contributed by atoms with Crippen molar-refractivity contribution in [3.63, 3.8) is 0 Å². The lowest BCUT2D eigenvalue weighted by Gasteiger charge is -2.10. The fourth-order valence-corrected chi connectivity index (χ4v) is 3.40. The highest BCUT2D eigenvalue weighted by Crippen LogP contribution is 2.28. The number of aromatic nitrogens is 3. The molecule has 0 saturated heterocycles.